The molecule has 1 N–H and O–H groups in total. The van der Waals surface area contributed by atoms with E-state index in [1.54, 1.807) is 0 Å². The Morgan fingerprint density at radius 1 is 1.20 bits per heavy atom. The normalized spacial score (nSPS) is 24.1. The van der Waals surface area contributed by atoms with Gasteiger partial charge in [-0.2, -0.15) is 0 Å². The van der Waals surface area contributed by atoms with E-state index in [9.17, 15) is 0 Å². The summed E-state index contributed by atoms with van der Waals surface area (Å²) in [6, 6.07) is 10.1. The van der Waals surface area contributed by atoms with Crippen molar-refractivity contribution in [1.29, 1.82) is 0 Å². The van der Waals surface area contributed by atoms with Crippen molar-refractivity contribution in [2.75, 3.05) is 13.2 Å². The molecule has 3 heteroatoms. The average Bonchev–Trinajstić information content (AvgIpc) is 3.05. The summed E-state index contributed by atoms with van der Waals surface area (Å²) in [4.78, 5) is 0. The van der Waals surface area contributed by atoms with Crippen molar-refractivity contribution in [1.82, 2.24) is 0 Å². The van der Waals surface area contributed by atoms with E-state index in [2.05, 4.69) is 0 Å². The van der Waals surface area contributed by atoms with Gasteiger partial charge < -0.3 is 14.6 Å². The van der Waals surface area contributed by atoms with E-state index >= 15 is 0 Å². The molecule has 0 aromatic heterocycles. The van der Waals surface area contributed by atoms with Crippen molar-refractivity contribution in [2.24, 2.45) is 0 Å². The van der Waals surface area contributed by atoms with Crippen molar-refractivity contribution >= 4 is 0 Å². The van der Waals surface area contributed by atoms with Gasteiger partial charge >= 0.3 is 0 Å². The van der Waals surface area contributed by atoms with Crippen LogP contribution in [0.1, 0.15) is 12.0 Å². The lowest BCUT2D eigenvalue weighted by molar-refractivity contribution is 0.113. The fourth-order valence-electron chi connectivity index (χ4n) is 1.56. The van der Waals surface area contributed by atoms with E-state index < -0.39 is 0 Å². The van der Waals surface area contributed by atoms with Crippen molar-refractivity contribution in [3.8, 4) is 0 Å². The highest BCUT2D eigenvalue weighted by atomic mass is 16.6. The molecule has 1 aromatic rings. The summed E-state index contributed by atoms with van der Waals surface area (Å²) in [5.41, 5.74) is 1.19. The molecule has 2 atom stereocenters. The van der Waals surface area contributed by atoms with Gasteiger partial charge in [0.2, 0.25) is 0 Å². The van der Waals surface area contributed by atoms with Crippen molar-refractivity contribution < 1.29 is 14.6 Å². The average molecular weight is 208 g/mol. The number of ether oxygens (including phenoxy) is 2. The van der Waals surface area contributed by atoms with Gasteiger partial charge in [0.15, 0.2) is 0 Å². The molecule has 0 spiro atoms. The Bertz CT molecular complexity index is 286. The second-order valence-electron chi connectivity index (χ2n) is 3.72. The predicted molar refractivity (Wildman–Crippen MR) is 56.5 cm³/mol. The second-order valence-corrected chi connectivity index (χ2v) is 3.72. The number of epoxide rings is 1. The number of hydrogen-bond acceptors (Lipinski definition) is 3. The Morgan fingerprint density at radius 3 is 2.67 bits per heavy atom. The van der Waals surface area contributed by atoms with Crippen LogP contribution in [0.5, 0.6) is 0 Å². The molecule has 1 fully saturated rings. The molecule has 1 aliphatic rings. The molecule has 1 heterocycles. The van der Waals surface area contributed by atoms with E-state index in [0.29, 0.717) is 13.2 Å². The fraction of sp³-hybridized carbons (Fsp3) is 0.500. The van der Waals surface area contributed by atoms with Gasteiger partial charge in [0, 0.05) is 6.61 Å². The summed E-state index contributed by atoms with van der Waals surface area (Å²) in [7, 11) is 0. The highest BCUT2D eigenvalue weighted by Crippen LogP contribution is 2.24. The van der Waals surface area contributed by atoms with Gasteiger partial charge in [-0.1, -0.05) is 30.3 Å². The summed E-state index contributed by atoms with van der Waals surface area (Å²) in [6.45, 7) is 1.47. The van der Waals surface area contributed by atoms with Crippen LogP contribution in [0.3, 0.4) is 0 Å². The monoisotopic (exact) mass is 208 g/mol. The van der Waals surface area contributed by atoms with Gasteiger partial charge in [-0.25, -0.2) is 0 Å². The summed E-state index contributed by atoms with van der Waals surface area (Å²) in [6.07, 6.45) is 1.15. The lowest BCUT2D eigenvalue weighted by atomic mass is 10.2. The van der Waals surface area contributed by atoms with E-state index in [1.165, 1.54) is 5.56 Å². The van der Waals surface area contributed by atoms with Crippen LogP contribution in [0.4, 0.5) is 0 Å². The van der Waals surface area contributed by atoms with Crippen molar-refractivity contribution in [3.05, 3.63) is 35.9 Å². The summed E-state index contributed by atoms with van der Waals surface area (Å²) < 4.78 is 10.7. The minimum atomic E-state index is 0.0605. The molecule has 0 bridgehead atoms. The SMILES string of the molecule is OC[C@H]1O[C@H]1CCOCc1ccccc1. The molecule has 0 amide bonds. The topological polar surface area (TPSA) is 42.0 Å². The van der Waals surface area contributed by atoms with Crippen LogP contribution in [0.2, 0.25) is 0 Å². The van der Waals surface area contributed by atoms with Crippen LogP contribution in [0.25, 0.3) is 0 Å². The highest BCUT2D eigenvalue weighted by molar-refractivity contribution is 5.13. The van der Waals surface area contributed by atoms with Gasteiger partial charge in [-0.15, -0.1) is 0 Å². The van der Waals surface area contributed by atoms with Crippen molar-refractivity contribution in [3.63, 3.8) is 0 Å². The first-order valence-corrected chi connectivity index (χ1v) is 5.28. The third-order valence-electron chi connectivity index (χ3n) is 2.53. The van der Waals surface area contributed by atoms with Gasteiger partial charge in [-0.3, -0.25) is 0 Å². The molecule has 0 aliphatic carbocycles. The van der Waals surface area contributed by atoms with Gasteiger partial charge in [0.1, 0.15) is 6.10 Å². The van der Waals surface area contributed by atoms with Gasteiger partial charge in [0.25, 0.3) is 0 Å². The zero-order chi connectivity index (χ0) is 10.5. The maximum Gasteiger partial charge on any atom is 0.107 e. The molecule has 0 radical (unpaired) electrons. The molecule has 2 rings (SSSR count). The molecule has 0 saturated carbocycles. The van der Waals surface area contributed by atoms with E-state index in [0.717, 1.165) is 6.42 Å². The molecular formula is C12H16O3. The molecule has 3 nitrogen and oxygen atoms in total. The molecule has 82 valence electrons. The third kappa shape index (κ3) is 3.30. The Hall–Kier alpha value is -0.900. The van der Waals surface area contributed by atoms with E-state index in [4.69, 9.17) is 14.6 Å². The lowest BCUT2D eigenvalue weighted by Gasteiger charge is -2.02. The maximum atomic E-state index is 8.75. The Kier molecular flexibility index (Phi) is 3.72. The number of aliphatic hydroxyl groups excluding tert-OH is 1. The fourth-order valence-corrected chi connectivity index (χ4v) is 1.56. The first-order chi connectivity index (χ1) is 7.40. The standard InChI is InChI=1S/C12H16O3/c13-8-12-11(15-12)6-7-14-9-10-4-2-1-3-5-10/h1-5,11-13H,6-9H2/t11-,12+/m0/s1. The van der Waals surface area contributed by atoms with Gasteiger partial charge in [0.05, 0.1) is 19.3 Å². The smallest absolute Gasteiger partial charge is 0.107 e. The highest BCUT2D eigenvalue weighted by Gasteiger charge is 2.37. The second kappa shape index (κ2) is 5.26. The summed E-state index contributed by atoms with van der Waals surface area (Å²) in [5, 5.41) is 8.75. The molecule has 0 unspecified atom stereocenters. The summed E-state index contributed by atoms with van der Waals surface area (Å²) in [5.74, 6) is 0. The van der Waals surface area contributed by atoms with Crippen LogP contribution < -0.4 is 0 Å². The number of benzene rings is 1. The number of aliphatic hydroxyl groups is 1. The van der Waals surface area contributed by atoms with Crippen molar-refractivity contribution in [2.45, 2.75) is 25.2 Å². The molecule has 1 saturated heterocycles. The minimum Gasteiger partial charge on any atom is -0.394 e. The Balaban J connectivity index is 1.56. The summed E-state index contributed by atoms with van der Waals surface area (Å²) >= 11 is 0. The number of hydrogen-bond donors (Lipinski definition) is 1. The van der Waals surface area contributed by atoms with Gasteiger partial charge in [-0.05, 0) is 12.0 Å². The van der Waals surface area contributed by atoms with Crippen LogP contribution in [0, 0.1) is 0 Å². The van der Waals surface area contributed by atoms with Crippen LogP contribution in [-0.4, -0.2) is 30.5 Å². The maximum absolute atomic E-state index is 8.75. The minimum absolute atomic E-state index is 0.0605. The molecular weight excluding hydrogens is 192 g/mol. The van der Waals surface area contributed by atoms with E-state index in [1.807, 2.05) is 30.3 Å². The van der Waals surface area contributed by atoms with Crippen LogP contribution >= 0.6 is 0 Å². The first-order valence-electron chi connectivity index (χ1n) is 5.28. The molecule has 15 heavy (non-hydrogen) atoms. The Labute approximate surface area is 89.6 Å². The predicted octanol–water partition coefficient (Wildman–Crippen LogP) is 1.35. The largest absolute Gasteiger partial charge is 0.394 e. The van der Waals surface area contributed by atoms with Crippen LogP contribution in [0.15, 0.2) is 30.3 Å². The zero-order valence-corrected chi connectivity index (χ0v) is 8.63. The van der Waals surface area contributed by atoms with E-state index in [-0.39, 0.29) is 18.8 Å². The lowest BCUT2D eigenvalue weighted by Crippen LogP contribution is -2.03. The number of rotatable bonds is 6. The van der Waals surface area contributed by atoms with Crippen LogP contribution in [-0.2, 0) is 16.1 Å². The molecule has 1 aliphatic heterocycles. The molecule has 1 aromatic carbocycles. The first kappa shape index (κ1) is 10.6. The zero-order valence-electron chi connectivity index (χ0n) is 8.63. The quantitative estimate of drug-likeness (QED) is 0.567. The third-order valence-corrected chi connectivity index (χ3v) is 2.53. The Morgan fingerprint density at radius 2 is 2.00 bits per heavy atom.